The first-order valence-corrected chi connectivity index (χ1v) is 8.79. The Morgan fingerprint density at radius 2 is 2.00 bits per heavy atom. The molecule has 0 bridgehead atoms. The molecule has 134 valence electrons. The van der Waals surface area contributed by atoms with Gasteiger partial charge >= 0.3 is 0 Å². The van der Waals surface area contributed by atoms with Crippen LogP contribution in [-0.2, 0) is 16.1 Å². The van der Waals surface area contributed by atoms with Crippen molar-refractivity contribution in [1.82, 2.24) is 19.6 Å². The van der Waals surface area contributed by atoms with Gasteiger partial charge in [-0.15, -0.1) is 0 Å². The van der Waals surface area contributed by atoms with E-state index in [1.807, 2.05) is 44.3 Å². The van der Waals surface area contributed by atoms with Gasteiger partial charge in [0.1, 0.15) is 12.6 Å². The largest absolute Gasteiger partial charge is 0.341 e. The lowest BCUT2D eigenvalue weighted by Gasteiger charge is -2.28. The second-order valence-electron chi connectivity index (χ2n) is 6.45. The van der Waals surface area contributed by atoms with Gasteiger partial charge in [0.15, 0.2) is 0 Å². The average molecular weight is 343 g/mol. The highest BCUT2D eigenvalue weighted by molar-refractivity contribution is 5.88. The Labute approximate surface area is 147 Å². The summed E-state index contributed by atoms with van der Waals surface area (Å²) in [5.41, 5.74) is 6.89. The van der Waals surface area contributed by atoms with Crippen LogP contribution in [0.3, 0.4) is 0 Å². The van der Waals surface area contributed by atoms with Gasteiger partial charge in [-0.05, 0) is 26.3 Å². The zero-order valence-electron chi connectivity index (χ0n) is 14.8. The smallest absolute Gasteiger partial charge is 0.245 e. The van der Waals surface area contributed by atoms with E-state index in [4.69, 9.17) is 5.73 Å². The first-order valence-electron chi connectivity index (χ1n) is 8.79. The molecule has 3 rings (SSSR count). The number of hydrogen-bond acceptors (Lipinski definition) is 4. The van der Waals surface area contributed by atoms with Crippen molar-refractivity contribution in [2.75, 3.05) is 19.6 Å². The molecular formula is C18H25N5O2. The number of nitrogens with two attached hydrogens (primary N) is 1. The number of likely N-dealkylation sites (N-methyl/N-ethyl adjacent to an activating group) is 1. The van der Waals surface area contributed by atoms with Crippen molar-refractivity contribution in [2.45, 2.75) is 38.9 Å². The first-order chi connectivity index (χ1) is 12.0. The molecule has 0 aliphatic carbocycles. The molecule has 2 N–H and O–H groups in total. The monoisotopic (exact) mass is 343 g/mol. The summed E-state index contributed by atoms with van der Waals surface area (Å²) >= 11 is 0. The minimum Gasteiger partial charge on any atom is -0.341 e. The van der Waals surface area contributed by atoms with E-state index < -0.39 is 6.04 Å². The fourth-order valence-corrected chi connectivity index (χ4v) is 3.45. The summed E-state index contributed by atoms with van der Waals surface area (Å²) < 4.78 is 1.63. The van der Waals surface area contributed by atoms with E-state index in [-0.39, 0.29) is 24.4 Å². The summed E-state index contributed by atoms with van der Waals surface area (Å²) in [6.07, 6.45) is 2.37. The molecule has 25 heavy (non-hydrogen) atoms. The molecule has 2 atom stereocenters. The van der Waals surface area contributed by atoms with Crippen molar-refractivity contribution >= 4 is 22.7 Å². The van der Waals surface area contributed by atoms with Crippen molar-refractivity contribution in [3.8, 4) is 0 Å². The Hall–Kier alpha value is -2.41. The van der Waals surface area contributed by atoms with Gasteiger partial charge in [-0.1, -0.05) is 18.2 Å². The van der Waals surface area contributed by atoms with E-state index in [1.165, 1.54) is 0 Å². The minimum absolute atomic E-state index is 0.0167. The van der Waals surface area contributed by atoms with Crippen LogP contribution in [0.5, 0.6) is 0 Å². The van der Waals surface area contributed by atoms with Crippen LogP contribution < -0.4 is 5.73 Å². The summed E-state index contributed by atoms with van der Waals surface area (Å²) in [6.45, 7) is 5.68. The van der Waals surface area contributed by atoms with Crippen molar-refractivity contribution in [1.29, 1.82) is 0 Å². The number of carbonyl (C=O) groups is 2. The number of nitrogens with zero attached hydrogens (tertiary/aromatic N) is 4. The van der Waals surface area contributed by atoms with Gasteiger partial charge in [0.05, 0.1) is 5.52 Å². The molecule has 1 aromatic carbocycles. The number of benzene rings is 1. The molecule has 0 unspecified atom stereocenters. The molecule has 7 nitrogen and oxygen atoms in total. The normalized spacial score (nSPS) is 20.2. The molecule has 2 heterocycles. The van der Waals surface area contributed by atoms with E-state index in [2.05, 4.69) is 5.10 Å². The van der Waals surface area contributed by atoms with E-state index in [0.29, 0.717) is 26.1 Å². The van der Waals surface area contributed by atoms with Gasteiger partial charge in [0, 0.05) is 37.3 Å². The molecule has 2 amide bonds. The van der Waals surface area contributed by atoms with Gasteiger partial charge in [0.2, 0.25) is 11.8 Å². The highest BCUT2D eigenvalue weighted by Gasteiger charge is 2.39. The Morgan fingerprint density at radius 1 is 1.28 bits per heavy atom. The van der Waals surface area contributed by atoms with Crippen LogP contribution in [0.15, 0.2) is 30.5 Å². The summed E-state index contributed by atoms with van der Waals surface area (Å²) in [4.78, 5) is 28.9. The van der Waals surface area contributed by atoms with Crippen LogP contribution >= 0.6 is 0 Å². The van der Waals surface area contributed by atoms with Crippen molar-refractivity contribution in [3.05, 3.63) is 30.5 Å². The van der Waals surface area contributed by atoms with Crippen LogP contribution in [0.25, 0.3) is 10.9 Å². The van der Waals surface area contributed by atoms with E-state index >= 15 is 0 Å². The Bertz CT molecular complexity index is 735. The van der Waals surface area contributed by atoms with Crippen LogP contribution in [-0.4, -0.2) is 63.1 Å². The fourth-order valence-electron chi connectivity index (χ4n) is 3.45. The van der Waals surface area contributed by atoms with Gasteiger partial charge in [0.25, 0.3) is 0 Å². The Kier molecular flexibility index (Phi) is 5.03. The first kappa shape index (κ1) is 17.4. The molecule has 0 saturated carbocycles. The fraction of sp³-hybridized carbons (Fsp3) is 0.500. The van der Waals surface area contributed by atoms with Crippen molar-refractivity contribution in [2.24, 2.45) is 5.73 Å². The molecule has 2 aromatic rings. The van der Waals surface area contributed by atoms with Crippen molar-refractivity contribution in [3.63, 3.8) is 0 Å². The van der Waals surface area contributed by atoms with Crippen LogP contribution in [0.2, 0.25) is 0 Å². The zero-order valence-corrected chi connectivity index (χ0v) is 14.8. The molecule has 1 fully saturated rings. The molecule has 0 spiro atoms. The van der Waals surface area contributed by atoms with Crippen molar-refractivity contribution < 1.29 is 9.59 Å². The summed E-state index contributed by atoms with van der Waals surface area (Å²) in [5, 5.41) is 5.41. The van der Waals surface area contributed by atoms with Gasteiger partial charge in [-0.25, -0.2) is 0 Å². The van der Waals surface area contributed by atoms with Crippen LogP contribution in [0.4, 0.5) is 0 Å². The maximum absolute atomic E-state index is 12.8. The third-order valence-electron chi connectivity index (χ3n) is 4.77. The number of hydrogen-bond donors (Lipinski definition) is 1. The summed E-state index contributed by atoms with van der Waals surface area (Å²) in [6, 6.07) is 7.10. The van der Waals surface area contributed by atoms with Gasteiger partial charge < -0.3 is 15.5 Å². The molecule has 1 aromatic heterocycles. The molecule has 1 aliphatic heterocycles. The lowest BCUT2D eigenvalue weighted by molar-refractivity contribution is -0.144. The molecule has 7 heteroatoms. The minimum atomic E-state index is -0.465. The predicted octanol–water partition coefficient (Wildman–Crippen LogP) is 0.833. The topological polar surface area (TPSA) is 84.5 Å². The number of fused-ring (bicyclic) bond motifs is 1. The number of likely N-dealkylation sites (tertiary alicyclic amines) is 1. The quantitative estimate of drug-likeness (QED) is 0.872. The zero-order chi connectivity index (χ0) is 18.0. The van der Waals surface area contributed by atoms with E-state index in [9.17, 15) is 9.59 Å². The lowest BCUT2D eigenvalue weighted by Crippen LogP contribution is -2.48. The number of rotatable bonds is 5. The predicted molar refractivity (Wildman–Crippen MR) is 95.8 cm³/mol. The average Bonchev–Trinajstić information content (AvgIpc) is 3.18. The number of amides is 2. The highest BCUT2D eigenvalue weighted by Crippen LogP contribution is 2.20. The summed E-state index contributed by atoms with van der Waals surface area (Å²) in [7, 11) is 0. The van der Waals surface area contributed by atoms with E-state index in [1.54, 1.807) is 14.5 Å². The third-order valence-corrected chi connectivity index (χ3v) is 4.77. The Morgan fingerprint density at radius 3 is 2.68 bits per heavy atom. The maximum Gasteiger partial charge on any atom is 0.245 e. The molecule has 1 saturated heterocycles. The SMILES string of the molecule is CCN(CC)C(=O)[C@@H]1C[C@@H](N)CN1C(=O)Cn1cc2ccccc2n1. The second-order valence-corrected chi connectivity index (χ2v) is 6.45. The van der Waals surface area contributed by atoms with Gasteiger partial charge in [-0.2, -0.15) is 5.10 Å². The standard InChI is InChI=1S/C18H25N5O2/c1-3-21(4-2)18(25)16-9-14(19)11-23(16)17(24)12-22-10-13-7-5-6-8-15(13)20-22/h5-8,10,14,16H,3-4,9,11-12,19H2,1-2H3/t14-,16+/m1/s1. The van der Waals surface area contributed by atoms with Crippen LogP contribution in [0, 0.1) is 0 Å². The molecule has 0 radical (unpaired) electrons. The number of aromatic nitrogens is 2. The highest BCUT2D eigenvalue weighted by atomic mass is 16.2. The second kappa shape index (κ2) is 7.23. The van der Waals surface area contributed by atoms with Crippen LogP contribution in [0.1, 0.15) is 20.3 Å². The lowest BCUT2D eigenvalue weighted by atomic mass is 10.1. The maximum atomic E-state index is 12.8. The van der Waals surface area contributed by atoms with E-state index in [0.717, 1.165) is 10.9 Å². The number of carbonyl (C=O) groups excluding carboxylic acids is 2. The Balaban J connectivity index is 1.75. The van der Waals surface area contributed by atoms with Gasteiger partial charge in [-0.3, -0.25) is 14.3 Å². The molecular weight excluding hydrogens is 318 g/mol. The summed E-state index contributed by atoms with van der Waals surface area (Å²) in [5.74, 6) is -0.136. The third kappa shape index (κ3) is 3.51. The molecule has 1 aliphatic rings.